The van der Waals surface area contributed by atoms with Crippen LogP contribution >= 0.6 is 0 Å². The van der Waals surface area contributed by atoms with E-state index in [0.717, 1.165) is 25.2 Å². The minimum Gasteiger partial charge on any atom is -0.312 e. The lowest BCUT2D eigenvalue weighted by Gasteiger charge is -2.28. The van der Waals surface area contributed by atoms with Gasteiger partial charge in [0, 0.05) is 31.4 Å². The van der Waals surface area contributed by atoms with Gasteiger partial charge in [-0.1, -0.05) is 0 Å². The Balaban J connectivity index is 2.63. The van der Waals surface area contributed by atoms with Gasteiger partial charge in [0.2, 0.25) is 0 Å². The molecule has 1 atom stereocenters. The quantitative estimate of drug-likeness (QED) is 0.552. The highest BCUT2D eigenvalue weighted by atomic mass is 15.1. The van der Waals surface area contributed by atoms with Crippen LogP contribution in [0.25, 0.3) is 0 Å². The smallest absolute Gasteiger partial charge is 0.0366 e. The number of hydrogen-bond donors (Lipinski definition) is 1. The summed E-state index contributed by atoms with van der Waals surface area (Å²) in [5, 5.41) is 7.17. The molecule has 3 heteroatoms. The molecule has 1 aliphatic rings. The van der Waals surface area contributed by atoms with E-state index in [0.29, 0.717) is 5.92 Å². The Bertz CT molecular complexity index is 174. The molecule has 1 fully saturated rings. The predicted octanol–water partition coefficient (Wildman–Crippen LogP) is 0.658. The third-order valence-electron chi connectivity index (χ3n) is 2.17. The number of nitrogens with one attached hydrogen (secondary N) is 1. The fraction of sp³-hybridized carbons (Fsp3) is 0.750. The highest BCUT2D eigenvalue weighted by Crippen LogP contribution is 2.11. The van der Waals surface area contributed by atoms with Gasteiger partial charge in [-0.15, -0.1) is 0 Å². The fourth-order valence-corrected chi connectivity index (χ4v) is 1.42. The van der Waals surface area contributed by atoms with Crippen LogP contribution in [-0.2, 0) is 0 Å². The molecule has 0 amide bonds. The van der Waals surface area contributed by atoms with Crippen molar-refractivity contribution in [1.82, 2.24) is 4.90 Å². The normalized spacial score (nSPS) is 30.7. The lowest BCUT2D eigenvalue weighted by Crippen LogP contribution is -2.38. The summed E-state index contributed by atoms with van der Waals surface area (Å²) in [6, 6.07) is 0. The van der Waals surface area contributed by atoms with Gasteiger partial charge >= 0.3 is 0 Å². The molecule has 0 bridgehead atoms. The van der Waals surface area contributed by atoms with Crippen molar-refractivity contribution in [3.63, 3.8) is 0 Å². The van der Waals surface area contributed by atoms with Gasteiger partial charge in [-0.2, -0.15) is 0 Å². The van der Waals surface area contributed by atoms with Crippen LogP contribution in [0.3, 0.4) is 0 Å². The summed E-state index contributed by atoms with van der Waals surface area (Å²) in [7, 11) is 3.90. The van der Waals surface area contributed by atoms with E-state index in [2.05, 4.69) is 16.9 Å². The minimum absolute atomic E-state index is 0.302. The zero-order valence-corrected chi connectivity index (χ0v) is 7.17. The van der Waals surface area contributed by atoms with Crippen LogP contribution in [0.4, 0.5) is 0 Å². The molecule has 62 valence electrons. The fourth-order valence-electron chi connectivity index (χ4n) is 1.42. The Morgan fingerprint density at radius 2 is 2.45 bits per heavy atom. The maximum atomic E-state index is 7.17. The first kappa shape index (κ1) is 8.40. The highest BCUT2D eigenvalue weighted by Gasteiger charge is 2.20. The first-order valence-electron chi connectivity index (χ1n) is 3.92. The molecule has 0 aromatic rings. The van der Waals surface area contributed by atoms with Crippen molar-refractivity contribution in [3.8, 4) is 0 Å². The number of hydrogen-bond acceptors (Lipinski definition) is 3. The lowest BCUT2D eigenvalue weighted by atomic mass is 9.96. The third kappa shape index (κ3) is 1.87. The molecule has 1 heterocycles. The number of rotatable bonds is 1. The lowest BCUT2D eigenvalue weighted by molar-refractivity contribution is 0.342. The molecule has 0 radical (unpaired) electrons. The van der Waals surface area contributed by atoms with Crippen LogP contribution < -0.4 is 0 Å². The predicted molar refractivity (Wildman–Crippen MR) is 47.7 cm³/mol. The monoisotopic (exact) mass is 153 g/mol. The average molecular weight is 153 g/mol. The van der Waals surface area contributed by atoms with Crippen molar-refractivity contribution in [2.45, 2.75) is 6.42 Å². The molecular weight excluding hydrogens is 138 g/mol. The molecule has 11 heavy (non-hydrogen) atoms. The van der Waals surface area contributed by atoms with Crippen molar-refractivity contribution in [2.24, 2.45) is 10.9 Å². The minimum atomic E-state index is 0.302. The van der Waals surface area contributed by atoms with Gasteiger partial charge in [0.25, 0.3) is 0 Å². The summed E-state index contributed by atoms with van der Waals surface area (Å²) in [6.45, 7) is 2.01. The maximum Gasteiger partial charge on any atom is 0.0366 e. The SMILES string of the molecule is CN=C1CN(C)CCC1C=N. The zero-order valence-electron chi connectivity index (χ0n) is 7.17. The summed E-state index contributed by atoms with van der Waals surface area (Å²) < 4.78 is 0. The van der Waals surface area contributed by atoms with Crippen molar-refractivity contribution >= 4 is 11.9 Å². The molecule has 1 saturated heterocycles. The van der Waals surface area contributed by atoms with Gasteiger partial charge in [0.15, 0.2) is 0 Å². The Morgan fingerprint density at radius 1 is 1.73 bits per heavy atom. The Labute approximate surface area is 67.6 Å². The van der Waals surface area contributed by atoms with Crippen LogP contribution in [0.5, 0.6) is 0 Å². The molecule has 1 rings (SSSR count). The topological polar surface area (TPSA) is 39.5 Å². The van der Waals surface area contributed by atoms with Gasteiger partial charge in [-0.3, -0.25) is 4.99 Å². The molecule has 0 aromatic heterocycles. The second-order valence-electron chi connectivity index (χ2n) is 3.01. The Kier molecular flexibility index (Phi) is 2.76. The van der Waals surface area contributed by atoms with Gasteiger partial charge < -0.3 is 10.3 Å². The molecule has 0 aromatic carbocycles. The molecule has 1 unspecified atom stereocenters. The van der Waals surface area contributed by atoms with Crippen molar-refractivity contribution < 1.29 is 0 Å². The van der Waals surface area contributed by atoms with E-state index >= 15 is 0 Å². The number of nitrogens with zero attached hydrogens (tertiary/aromatic N) is 2. The first-order valence-corrected chi connectivity index (χ1v) is 3.92. The van der Waals surface area contributed by atoms with Crippen LogP contribution in [0, 0.1) is 11.3 Å². The number of piperidine rings is 1. The van der Waals surface area contributed by atoms with Gasteiger partial charge in [-0.05, 0) is 20.0 Å². The Morgan fingerprint density at radius 3 is 3.00 bits per heavy atom. The van der Waals surface area contributed by atoms with Crippen molar-refractivity contribution in [2.75, 3.05) is 27.2 Å². The average Bonchev–Trinajstić information content (AvgIpc) is 2.04. The molecule has 1 N–H and O–H groups in total. The summed E-state index contributed by atoms with van der Waals surface area (Å²) in [5.74, 6) is 0.302. The maximum absolute atomic E-state index is 7.17. The second kappa shape index (κ2) is 3.62. The summed E-state index contributed by atoms with van der Waals surface area (Å²) in [6.07, 6.45) is 2.56. The van der Waals surface area contributed by atoms with E-state index in [-0.39, 0.29) is 0 Å². The molecule has 0 saturated carbocycles. The van der Waals surface area contributed by atoms with Crippen molar-refractivity contribution in [3.05, 3.63) is 0 Å². The molecule has 0 spiro atoms. The standard InChI is InChI=1S/C8H15N3/c1-10-8-6-11(2)4-3-7(8)5-9/h5,7,9H,3-4,6H2,1-2H3. The van der Waals surface area contributed by atoms with E-state index < -0.39 is 0 Å². The number of likely N-dealkylation sites (tertiary alicyclic amines) is 1. The van der Waals surface area contributed by atoms with Gasteiger partial charge in [0.05, 0.1) is 0 Å². The van der Waals surface area contributed by atoms with Crippen LogP contribution in [0.2, 0.25) is 0 Å². The molecular formula is C8H15N3. The molecule has 1 aliphatic heterocycles. The van der Waals surface area contributed by atoms with Crippen LogP contribution in [-0.4, -0.2) is 44.0 Å². The van der Waals surface area contributed by atoms with Crippen LogP contribution in [0.15, 0.2) is 4.99 Å². The van der Waals surface area contributed by atoms with E-state index in [9.17, 15) is 0 Å². The van der Waals surface area contributed by atoms with E-state index in [4.69, 9.17) is 5.41 Å². The first-order chi connectivity index (χ1) is 5.27. The van der Waals surface area contributed by atoms with Crippen LogP contribution in [0.1, 0.15) is 6.42 Å². The third-order valence-corrected chi connectivity index (χ3v) is 2.17. The van der Waals surface area contributed by atoms with Crippen molar-refractivity contribution in [1.29, 1.82) is 5.41 Å². The second-order valence-corrected chi connectivity index (χ2v) is 3.01. The molecule has 0 aliphatic carbocycles. The van der Waals surface area contributed by atoms with E-state index in [1.54, 1.807) is 0 Å². The summed E-state index contributed by atoms with van der Waals surface area (Å²) in [4.78, 5) is 6.41. The highest BCUT2D eigenvalue weighted by molar-refractivity contribution is 5.99. The summed E-state index contributed by atoms with van der Waals surface area (Å²) >= 11 is 0. The van der Waals surface area contributed by atoms with Gasteiger partial charge in [0.1, 0.15) is 0 Å². The molecule has 3 nitrogen and oxygen atoms in total. The van der Waals surface area contributed by atoms with Gasteiger partial charge in [-0.25, -0.2) is 0 Å². The Hall–Kier alpha value is -0.700. The van der Waals surface area contributed by atoms with E-state index in [1.807, 2.05) is 7.05 Å². The summed E-state index contributed by atoms with van der Waals surface area (Å²) in [5.41, 5.74) is 1.15. The van der Waals surface area contributed by atoms with E-state index in [1.165, 1.54) is 6.21 Å². The zero-order chi connectivity index (χ0) is 8.27. The number of aliphatic imine (C=N–C) groups is 1. The largest absolute Gasteiger partial charge is 0.312 e.